The summed E-state index contributed by atoms with van der Waals surface area (Å²) in [6.07, 6.45) is -3.96. The molecule has 1 aliphatic heterocycles. The van der Waals surface area contributed by atoms with Gasteiger partial charge in [-0.3, -0.25) is 0 Å². The lowest BCUT2D eigenvalue weighted by molar-refractivity contribution is -0.137. The molecule has 2 N–H and O–H groups in total. The highest BCUT2D eigenvalue weighted by Crippen LogP contribution is 2.36. The largest absolute Gasteiger partial charge is 0.488 e. The van der Waals surface area contributed by atoms with Crippen LogP contribution in [0, 0.1) is 0 Å². The minimum absolute atomic E-state index is 0.169. The molecule has 1 aliphatic rings. The summed E-state index contributed by atoms with van der Waals surface area (Å²) in [5.74, 6) is 0.169. The molecule has 0 radical (unpaired) electrons. The first-order valence-electron chi connectivity index (χ1n) is 5.18. The average Bonchev–Trinajstić information content (AvgIpc) is 2.72. The van der Waals surface area contributed by atoms with Crippen molar-refractivity contribution in [3.05, 3.63) is 23.8 Å². The Morgan fingerprint density at radius 3 is 2.71 bits per heavy atom. The highest BCUT2D eigenvalue weighted by atomic mass is 19.4. The Kier molecular flexibility index (Phi) is 3.15. The van der Waals surface area contributed by atoms with E-state index in [0.717, 1.165) is 6.07 Å². The Hall–Kier alpha value is -1.43. The first kappa shape index (κ1) is 12.0. The summed E-state index contributed by atoms with van der Waals surface area (Å²) >= 11 is 0. The number of benzene rings is 1. The number of nitrogens with two attached hydrogens (primary N) is 1. The van der Waals surface area contributed by atoms with E-state index in [4.69, 9.17) is 15.2 Å². The fourth-order valence-electron chi connectivity index (χ4n) is 1.65. The summed E-state index contributed by atoms with van der Waals surface area (Å²) in [5, 5.41) is 0. The lowest BCUT2D eigenvalue weighted by atomic mass is 10.1. The zero-order valence-electron chi connectivity index (χ0n) is 8.96. The number of nitrogen functional groups attached to an aromatic ring is 1. The quantitative estimate of drug-likeness (QED) is 0.816. The number of anilines is 1. The summed E-state index contributed by atoms with van der Waals surface area (Å²) in [4.78, 5) is 0. The van der Waals surface area contributed by atoms with Gasteiger partial charge in [0.15, 0.2) is 0 Å². The molecule has 0 bridgehead atoms. The van der Waals surface area contributed by atoms with Crippen LogP contribution < -0.4 is 10.5 Å². The van der Waals surface area contributed by atoms with Gasteiger partial charge in [0.1, 0.15) is 11.9 Å². The Labute approximate surface area is 96.3 Å². The van der Waals surface area contributed by atoms with Crippen molar-refractivity contribution < 1.29 is 22.6 Å². The molecule has 0 saturated carbocycles. The third-order valence-corrected chi connectivity index (χ3v) is 2.52. The minimum atomic E-state index is -4.46. The predicted molar refractivity (Wildman–Crippen MR) is 55.7 cm³/mol. The molecule has 3 nitrogen and oxygen atoms in total. The third-order valence-electron chi connectivity index (χ3n) is 2.52. The highest BCUT2D eigenvalue weighted by molar-refractivity contribution is 5.52. The molecule has 17 heavy (non-hydrogen) atoms. The van der Waals surface area contributed by atoms with Crippen molar-refractivity contribution in [3.63, 3.8) is 0 Å². The van der Waals surface area contributed by atoms with Gasteiger partial charge in [0.25, 0.3) is 0 Å². The molecule has 1 aromatic carbocycles. The van der Waals surface area contributed by atoms with Crippen molar-refractivity contribution in [2.75, 3.05) is 18.9 Å². The number of rotatable bonds is 2. The van der Waals surface area contributed by atoms with Crippen LogP contribution in [0.2, 0.25) is 0 Å². The molecule has 0 unspecified atom stereocenters. The van der Waals surface area contributed by atoms with Gasteiger partial charge in [-0.15, -0.1) is 0 Å². The van der Waals surface area contributed by atoms with Crippen LogP contribution in [0.3, 0.4) is 0 Å². The van der Waals surface area contributed by atoms with Crippen molar-refractivity contribution in [3.8, 4) is 5.75 Å². The number of halogens is 3. The van der Waals surface area contributed by atoms with Crippen LogP contribution in [0.4, 0.5) is 18.9 Å². The summed E-state index contributed by atoms with van der Waals surface area (Å²) in [6, 6.07) is 3.56. The normalized spacial score (nSPS) is 20.5. The molecule has 1 atom stereocenters. The van der Waals surface area contributed by atoms with Crippen LogP contribution in [0.15, 0.2) is 18.2 Å². The van der Waals surface area contributed by atoms with Crippen molar-refractivity contribution in [2.45, 2.75) is 18.7 Å². The smallest absolute Gasteiger partial charge is 0.418 e. The number of hydrogen-bond donors (Lipinski definition) is 1. The van der Waals surface area contributed by atoms with Gasteiger partial charge in [-0.1, -0.05) is 0 Å². The molecule has 0 aromatic heterocycles. The first-order valence-corrected chi connectivity index (χ1v) is 5.18. The van der Waals surface area contributed by atoms with Crippen molar-refractivity contribution in [1.29, 1.82) is 0 Å². The molecule has 6 heteroatoms. The van der Waals surface area contributed by atoms with Gasteiger partial charge < -0.3 is 15.2 Å². The standard InChI is InChI=1S/C11H12F3NO2/c12-11(13,14)9-5-7(1-2-10(9)15)17-8-3-4-16-6-8/h1-2,5,8H,3-4,6,15H2/t8-/m1/s1. The van der Waals surface area contributed by atoms with Gasteiger partial charge in [-0.25, -0.2) is 0 Å². The van der Waals surface area contributed by atoms with E-state index >= 15 is 0 Å². The predicted octanol–water partition coefficient (Wildman–Crippen LogP) is 2.46. The van der Waals surface area contributed by atoms with Gasteiger partial charge in [0.05, 0.1) is 18.8 Å². The topological polar surface area (TPSA) is 44.5 Å². The molecule has 2 rings (SSSR count). The molecule has 0 aliphatic carbocycles. The maximum absolute atomic E-state index is 12.6. The summed E-state index contributed by atoms with van der Waals surface area (Å²) in [6.45, 7) is 0.984. The molecular formula is C11H12F3NO2. The second kappa shape index (κ2) is 4.44. The average molecular weight is 247 g/mol. The number of alkyl halides is 3. The maximum atomic E-state index is 12.6. The van der Waals surface area contributed by atoms with E-state index in [1.165, 1.54) is 12.1 Å². The monoisotopic (exact) mass is 247 g/mol. The van der Waals surface area contributed by atoms with Gasteiger partial charge in [-0.2, -0.15) is 13.2 Å². The van der Waals surface area contributed by atoms with E-state index in [0.29, 0.717) is 19.6 Å². The van der Waals surface area contributed by atoms with E-state index in [-0.39, 0.29) is 17.5 Å². The second-order valence-corrected chi connectivity index (χ2v) is 3.85. The molecule has 94 valence electrons. The van der Waals surface area contributed by atoms with E-state index in [2.05, 4.69) is 0 Å². The minimum Gasteiger partial charge on any atom is -0.488 e. The molecule has 0 spiro atoms. The van der Waals surface area contributed by atoms with Gasteiger partial charge in [0.2, 0.25) is 0 Å². The highest BCUT2D eigenvalue weighted by Gasteiger charge is 2.33. The zero-order chi connectivity index (χ0) is 12.5. The SMILES string of the molecule is Nc1ccc(O[C@@H]2CCOC2)cc1C(F)(F)F. The summed E-state index contributed by atoms with van der Waals surface area (Å²) in [5.41, 5.74) is 4.12. The Bertz CT molecular complexity index is 400. The van der Waals surface area contributed by atoms with E-state index in [1.54, 1.807) is 0 Å². The Balaban J connectivity index is 2.18. The lowest BCUT2D eigenvalue weighted by Crippen LogP contribution is -2.16. The van der Waals surface area contributed by atoms with E-state index < -0.39 is 11.7 Å². The van der Waals surface area contributed by atoms with Crippen molar-refractivity contribution in [1.82, 2.24) is 0 Å². The van der Waals surface area contributed by atoms with Crippen LogP contribution in [0.25, 0.3) is 0 Å². The summed E-state index contributed by atoms with van der Waals surface area (Å²) < 4.78 is 48.2. The third kappa shape index (κ3) is 2.82. The fourth-order valence-corrected chi connectivity index (χ4v) is 1.65. The lowest BCUT2D eigenvalue weighted by Gasteiger charge is -2.15. The van der Waals surface area contributed by atoms with Gasteiger partial charge >= 0.3 is 6.18 Å². The zero-order valence-corrected chi connectivity index (χ0v) is 8.96. The molecule has 1 fully saturated rings. The fraction of sp³-hybridized carbons (Fsp3) is 0.455. The molecule has 1 aromatic rings. The van der Waals surface area contributed by atoms with Crippen molar-refractivity contribution >= 4 is 5.69 Å². The van der Waals surface area contributed by atoms with Gasteiger partial charge in [0, 0.05) is 12.1 Å². The summed E-state index contributed by atoms with van der Waals surface area (Å²) in [7, 11) is 0. The maximum Gasteiger partial charge on any atom is 0.418 e. The molecular weight excluding hydrogens is 235 g/mol. The number of hydrogen-bond acceptors (Lipinski definition) is 3. The van der Waals surface area contributed by atoms with Crippen LogP contribution in [-0.4, -0.2) is 19.3 Å². The molecule has 1 saturated heterocycles. The molecule has 0 amide bonds. The van der Waals surface area contributed by atoms with Crippen LogP contribution >= 0.6 is 0 Å². The Morgan fingerprint density at radius 2 is 2.12 bits per heavy atom. The van der Waals surface area contributed by atoms with Crippen LogP contribution in [-0.2, 0) is 10.9 Å². The number of ether oxygens (including phenoxy) is 2. The van der Waals surface area contributed by atoms with Gasteiger partial charge in [-0.05, 0) is 18.2 Å². The van der Waals surface area contributed by atoms with E-state index in [1.807, 2.05) is 0 Å². The van der Waals surface area contributed by atoms with Crippen molar-refractivity contribution in [2.24, 2.45) is 0 Å². The van der Waals surface area contributed by atoms with E-state index in [9.17, 15) is 13.2 Å². The molecule has 1 heterocycles. The van der Waals surface area contributed by atoms with Crippen LogP contribution in [0.5, 0.6) is 5.75 Å². The first-order chi connectivity index (χ1) is 7.97. The second-order valence-electron chi connectivity index (χ2n) is 3.85. The van der Waals surface area contributed by atoms with Crippen LogP contribution in [0.1, 0.15) is 12.0 Å². The Morgan fingerprint density at radius 1 is 1.35 bits per heavy atom.